The molecule has 112 valence electrons. The van der Waals surface area contributed by atoms with Crippen LogP contribution in [0.1, 0.15) is 17.5 Å². The predicted octanol–water partition coefficient (Wildman–Crippen LogP) is 2.15. The third-order valence-electron chi connectivity index (χ3n) is 3.01. The summed E-state index contributed by atoms with van der Waals surface area (Å²) in [5, 5.41) is 17.5. The van der Waals surface area contributed by atoms with Gasteiger partial charge in [0, 0.05) is 39.2 Å². The minimum absolute atomic E-state index is 0.455. The van der Waals surface area contributed by atoms with E-state index in [4.69, 9.17) is 15.1 Å². The smallest absolute Gasteiger partial charge is 0.328 e. The zero-order valence-corrected chi connectivity index (χ0v) is 12.2. The van der Waals surface area contributed by atoms with Gasteiger partial charge in [-0.3, -0.25) is 4.90 Å². The van der Waals surface area contributed by atoms with Crippen LogP contribution in [0.25, 0.3) is 6.08 Å². The van der Waals surface area contributed by atoms with E-state index in [2.05, 4.69) is 11.0 Å². The lowest BCUT2D eigenvalue weighted by atomic mass is 10.1. The van der Waals surface area contributed by atoms with Crippen LogP contribution in [0, 0.1) is 11.3 Å². The van der Waals surface area contributed by atoms with Gasteiger partial charge in [-0.2, -0.15) is 5.26 Å². The number of nitriles is 1. The lowest BCUT2D eigenvalue weighted by Gasteiger charge is -2.21. The van der Waals surface area contributed by atoms with Crippen molar-refractivity contribution in [3.8, 4) is 6.07 Å². The quantitative estimate of drug-likeness (QED) is 0.705. The molecule has 0 bridgehead atoms. The predicted molar refractivity (Wildman–Crippen MR) is 80.5 cm³/mol. The third kappa shape index (κ3) is 6.70. The number of carboxylic acid groups (broad SMARTS) is 1. The molecule has 5 heteroatoms. The summed E-state index contributed by atoms with van der Waals surface area (Å²) in [4.78, 5) is 12.8. The number of ether oxygens (including phenoxy) is 1. The van der Waals surface area contributed by atoms with Crippen LogP contribution in [0.3, 0.4) is 0 Å². The van der Waals surface area contributed by atoms with Crippen LogP contribution in [0.4, 0.5) is 0 Å². The molecule has 0 saturated heterocycles. The van der Waals surface area contributed by atoms with Crippen LogP contribution in [-0.4, -0.2) is 42.8 Å². The standard InChI is InChI=1S/C16H20N2O3/c1-21-12-11-18(10-4-9-17)13-15-6-3-2-5-14(15)7-8-16(19)20/h2-3,5-8H,4,10-13H2,1H3,(H,19,20). The van der Waals surface area contributed by atoms with Crippen LogP contribution in [0.15, 0.2) is 30.3 Å². The molecule has 21 heavy (non-hydrogen) atoms. The Morgan fingerprint density at radius 3 is 2.86 bits per heavy atom. The maximum atomic E-state index is 10.6. The van der Waals surface area contributed by atoms with Crippen molar-refractivity contribution in [3.05, 3.63) is 41.5 Å². The summed E-state index contributed by atoms with van der Waals surface area (Å²) in [6.07, 6.45) is 3.18. The normalized spacial score (nSPS) is 10.9. The molecule has 0 atom stereocenters. The van der Waals surface area contributed by atoms with E-state index in [-0.39, 0.29) is 0 Å². The number of carbonyl (C=O) groups is 1. The molecule has 0 spiro atoms. The molecule has 0 aliphatic carbocycles. The van der Waals surface area contributed by atoms with Gasteiger partial charge in [0.1, 0.15) is 0 Å². The van der Waals surface area contributed by atoms with E-state index in [0.717, 1.165) is 23.7 Å². The molecular formula is C16H20N2O3. The van der Waals surface area contributed by atoms with Gasteiger partial charge in [0.2, 0.25) is 0 Å². The lowest BCUT2D eigenvalue weighted by molar-refractivity contribution is -0.131. The maximum Gasteiger partial charge on any atom is 0.328 e. The van der Waals surface area contributed by atoms with Crippen molar-refractivity contribution in [1.29, 1.82) is 5.26 Å². The second-order valence-corrected chi connectivity index (χ2v) is 4.55. The fourth-order valence-corrected chi connectivity index (χ4v) is 1.94. The number of hydrogen-bond donors (Lipinski definition) is 1. The summed E-state index contributed by atoms with van der Waals surface area (Å²) in [7, 11) is 1.64. The highest BCUT2D eigenvalue weighted by molar-refractivity contribution is 5.85. The molecule has 0 fully saturated rings. The van der Waals surface area contributed by atoms with E-state index in [1.165, 1.54) is 0 Å². The molecule has 0 saturated carbocycles. The first-order valence-corrected chi connectivity index (χ1v) is 6.74. The van der Waals surface area contributed by atoms with E-state index in [1.54, 1.807) is 13.2 Å². The first-order valence-electron chi connectivity index (χ1n) is 6.74. The SMILES string of the molecule is COCCN(CCC#N)Cc1ccccc1C=CC(=O)O. The van der Waals surface area contributed by atoms with Crippen molar-refractivity contribution >= 4 is 12.0 Å². The van der Waals surface area contributed by atoms with Gasteiger partial charge < -0.3 is 9.84 Å². The number of hydrogen-bond acceptors (Lipinski definition) is 4. The zero-order chi connectivity index (χ0) is 15.5. The van der Waals surface area contributed by atoms with E-state index < -0.39 is 5.97 Å². The molecule has 0 aliphatic heterocycles. The number of benzene rings is 1. The number of methoxy groups -OCH3 is 1. The summed E-state index contributed by atoms with van der Waals surface area (Å²) in [5.74, 6) is -0.967. The first kappa shape index (κ1) is 16.9. The number of nitrogens with zero attached hydrogens (tertiary/aromatic N) is 2. The van der Waals surface area contributed by atoms with Crippen molar-refractivity contribution in [3.63, 3.8) is 0 Å². The molecule has 1 N–H and O–H groups in total. The minimum atomic E-state index is -0.967. The Morgan fingerprint density at radius 1 is 1.43 bits per heavy atom. The molecular weight excluding hydrogens is 268 g/mol. The fraction of sp³-hybridized carbons (Fsp3) is 0.375. The molecule has 0 heterocycles. The highest BCUT2D eigenvalue weighted by Crippen LogP contribution is 2.14. The van der Waals surface area contributed by atoms with Crippen molar-refractivity contribution in [2.24, 2.45) is 0 Å². The van der Waals surface area contributed by atoms with Crippen LogP contribution in [0.5, 0.6) is 0 Å². The highest BCUT2D eigenvalue weighted by atomic mass is 16.5. The number of rotatable bonds is 9. The van der Waals surface area contributed by atoms with Gasteiger partial charge >= 0.3 is 5.97 Å². The molecule has 1 aromatic rings. The zero-order valence-electron chi connectivity index (χ0n) is 12.2. The molecule has 0 unspecified atom stereocenters. The fourth-order valence-electron chi connectivity index (χ4n) is 1.94. The Balaban J connectivity index is 2.82. The first-order chi connectivity index (χ1) is 10.2. The van der Waals surface area contributed by atoms with Crippen molar-refractivity contribution < 1.29 is 14.6 Å². The maximum absolute atomic E-state index is 10.6. The minimum Gasteiger partial charge on any atom is -0.478 e. The Morgan fingerprint density at radius 2 is 2.19 bits per heavy atom. The molecule has 1 aromatic carbocycles. The Bertz CT molecular complexity index is 520. The summed E-state index contributed by atoms with van der Waals surface area (Å²) < 4.78 is 5.08. The van der Waals surface area contributed by atoms with Crippen molar-refractivity contribution in [2.75, 3.05) is 26.8 Å². The van der Waals surface area contributed by atoms with E-state index in [1.807, 2.05) is 24.3 Å². The van der Waals surface area contributed by atoms with Crippen LogP contribution >= 0.6 is 0 Å². The number of carboxylic acids is 1. The van der Waals surface area contributed by atoms with Crippen LogP contribution in [0.2, 0.25) is 0 Å². The van der Waals surface area contributed by atoms with Crippen molar-refractivity contribution in [1.82, 2.24) is 4.90 Å². The van der Waals surface area contributed by atoms with E-state index in [9.17, 15) is 4.79 Å². The highest BCUT2D eigenvalue weighted by Gasteiger charge is 2.08. The second-order valence-electron chi connectivity index (χ2n) is 4.55. The summed E-state index contributed by atoms with van der Waals surface area (Å²) in [6, 6.07) is 9.79. The summed E-state index contributed by atoms with van der Waals surface area (Å²) in [5.41, 5.74) is 1.91. The molecule has 0 amide bonds. The van der Waals surface area contributed by atoms with Gasteiger partial charge in [-0.05, 0) is 17.2 Å². The second kappa shape index (κ2) is 9.70. The van der Waals surface area contributed by atoms with Crippen LogP contribution < -0.4 is 0 Å². The van der Waals surface area contributed by atoms with Gasteiger partial charge in [0.15, 0.2) is 0 Å². The van der Waals surface area contributed by atoms with Gasteiger partial charge in [0.05, 0.1) is 12.7 Å². The average molecular weight is 288 g/mol. The summed E-state index contributed by atoms with van der Waals surface area (Å²) in [6.45, 7) is 2.65. The van der Waals surface area contributed by atoms with E-state index >= 15 is 0 Å². The molecule has 0 aliphatic rings. The monoisotopic (exact) mass is 288 g/mol. The third-order valence-corrected chi connectivity index (χ3v) is 3.01. The Labute approximate surface area is 125 Å². The van der Waals surface area contributed by atoms with Gasteiger partial charge in [0.25, 0.3) is 0 Å². The lowest BCUT2D eigenvalue weighted by Crippen LogP contribution is -2.28. The number of aliphatic carboxylic acids is 1. The Hall–Kier alpha value is -2.16. The van der Waals surface area contributed by atoms with Gasteiger partial charge in [-0.1, -0.05) is 24.3 Å². The van der Waals surface area contributed by atoms with Crippen molar-refractivity contribution in [2.45, 2.75) is 13.0 Å². The van der Waals surface area contributed by atoms with Gasteiger partial charge in [-0.15, -0.1) is 0 Å². The summed E-state index contributed by atoms with van der Waals surface area (Å²) >= 11 is 0. The molecule has 5 nitrogen and oxygen atoms in total. The topological polar surface area (TPSA) is 73.6 Å². The van der Waals surface area contributed by atoms with Gasteiger partial charge in [-0.25, -0.2) is 4.79 Å². The average Bonchev–Trinajstić information content (AvgIpc) is 2.48. The van der Waals surface area contributed by atoms with E-state index in [0.29, 0.717) is 26.1 Å². The van der Waals surface area contributed by atoms with Crippen LogP contribution in [-0.2, 0) is 16.1 Å². The largest absolute Gasteiger partial charge is 0.478 e. The molecule has 0 radical (unpaired) electrons. The Kier molecular flexibility index (Phi) is 7.80. The molecule has 1 rings (SSSR count). The molecule has 0 aromatic heterocycles.